The highest BCUT2D eigenvalue weighted by Gasteiger charge is 2.37. The lowest BCUT2D eigenvalue weighted by atomic mass is 10.1. The van der Waals surface area contributed by atoms with Crippen LogP contribution in [0.25, 0.3) is 12.2 Å². The van der Waals surface area contributed by atoms with Crippen molar-refractivity contribution in [1.82, 2.24) is 0 Å². The minimum atomic E-state index is -4.78. The first-order valence-electron chi connectivity index (χ1n) is 23.8. The number of aryl methyl sites for hydroxylation is 4. The second-order valence-electron chi connectivity index (χ2n) is 17.1. The van der Waals surface area contributed by atoms with Crippen LogP contribution in [0.15, 0.2) is 101 Å². The van der Waals surface area contributed by atoms with Crippen molar-refractivity contribution in [2.45, 2.75) is 102 Å². The predicted molar refractivity (Wildman–Crippen MR) is 309 cm³/mol. The van der Waals surface area contributed by atoms with Gasteiger partial charge in [-0.25, -0.2) is 30.2 Å². The number of rotatable bonds is 15. The zero-order valence-electron chi connectivity index (χ0n) is 45.4. The fourth-order valence-electron chi connectivity index (χ4n) is 7.36. The Bertz CT molecular complexity index is 3600. The highest BCUT2D eigenvalue weighted by molar-refractivity contribution is 7.92. The Morgan fingerprint density at radius 3 is 1.12 bits per heavy atom. The van der Waals surface area contributed by atoms with Crippen LogP contribution in [-0.2, 0) is 59.3 Å². The van der Waals surface area contributed by atoms with E-state index in [0.29, 0.717) is 69.6 Å². The number of carbonyl (C=O) groups excluding carboxylic acids is 4. The number of anilines is 3. The van der Waals surface area contributed by atoms with E-state index < -0.39 is 126 Å². The molecule has 4 amide bonds. The SMILES string of the molecule is C.C=Cc1sc(C)cc1NC(=O)c1ccc(C(F)(F)F)cc1S(=O)(=O)CC.C=Cc1sc(C)cc1NC(=O)c1ccc(C(F)(F)F)cc1S(=O)(=O)CC.CCc1sc(C)cc1N(C(C)=O)C(=O)c1ccc(C(F)(F)F)cc1S(=O)(=O)CC.F.FF. The first kappa shape index (κ1) is 76.3. The number of hydrogen-bond donors (Lipinski definition) is 2. The third-order valence-corrected chi connectivity index (χ3v) is 20.0. The summed E-state index contributed by atoms with van der Waals surface area (Å²) in [5.41, 5.74) is -3.42. The molecule has 0 unspecified atom stereocenters. The van der Waals surface area contributed by atoms with Crippen LogP contribution >= 0.6 is 34.0 Å². The molecular weight excluding hydrogens is 1270 g/mol. The monoisotopic (exact) mass is 1330 g/mol. The number of thiophene rings is 3. The molecule has 2 N–H and O–H groups in total. The molecule has 0 saturated carbocycles. The normalized spacial score (nSPS) is 11.6. The number of carbonyl (C=O) groups is 4. The number of halogens is 12. The molecule has 3 aromatic carbocycles. The van der Waals surface area contributed by atoms with Gasteiger partial charge in [-0.1, -0.05) is 60.4 Å². The van der Waals surface area contributed by atoms with Crippen LogP contribution in [0, 0.1) is 20.8 Å². The quantitative estimate of drug-likeness (QED) is 0.0933. The standard InChI is InChI=1S/C19H20F3NO4S2.2C17H16F3NO3S2.CH4.F2.FH/c1-5-16-15(9-11(3)28-16)23(12(4)24)18(25)14-8-7-13(19(20,21)22)10-17(14)29(26,27)6-2;2*1-4-14-13(8-10(3)25-14)21-16(22)12-7-6-11(17(18,19)20)9-15(12)26(23,24)5-2;;1-2;/h7-10H,5-6H2,1-4H3;2*4,6-9H,1,5H2,2-3H3,(H,21,22);1H4;;1H. The van der Waals surface area contributed by atoms with Gasteiger partial charge in [-0.15, -0.1) is 34.0 Å². The second-order valence-corrected chi connectivity index (χ2v) is 27.8. The summed E-state index contributed by atoms with van der Waals surface area (Å²) in [5, 5.41) is 5.10. The van der Waals surface area contributed by atoms with Gasteiger partial charge in [0.05, 0.1) is 92.1 Å². The van der Waals surface area contributed by atoms with E-state index in [2.05, 4.69) is 23.8 Å². The Kier molecular flexibility index (Phi) is 27.5. The smallest absolute Gasteiger partial charge is 0.321 e. The summed E-state index contributed by atoms with van der Waals surface area (Å²) in [5.74, 6) is -4.59. The third-order valence-electron chi connectivity index (χ3n) is 11.4. The van der Waals surface area contributed by atoms with Gasteiger partial charge < -0.3 is 10.6 Å². The van der Waals surface area contributed by atoms with E-state index in [-0.39, 0.29) is 23.3 Å². The number of amides is 4. The van der Waals surface area contributed by atoms with Gasteiger partial charge in [0.2, 0.25) is 5.91 Å². The molecule has 0 bridgehead atoms. The minimum Gasteiger partial charge on any atom is -0.321 e. The molecule has 85 heavy (non-hydrogen) atoms. The minimum absolute atomic E-state index is 0. The number of sulfone groups is 3. The summed E-state index contributed by atoms with van der Waals surface area (Å²) < 4.78 is 207. The van der Waals surface area contributed by atoms with Crippen LogP contribution in [-0.4, -0.2) is 66.1 Å². The van der Waals surface area contributed by atoms with E-state index in [1.54, 1.807) is 25.1 Å². The van der Waals surface area contributed by atoms with Gasteiger partial charge in [0.25, 0.3) is 17.7 Å². The maximum Gasteiger partial charge on any atom is 0.416 e. The fraction of sp³-hybridized carbons (Fsp3) is 0.296. The Labute approximate surface area is 495 Å². The average molecular weight is 1330 g/mol. The molecule has 13 nitrogen and oxygen atoms in total. The number of nitrogens with one attached hydrogen (secondary N) is 2. The van der Waals surface area contributed by atoms with E-state index in [9.17, 15) is 83.9 Å². The van der Waals surface area contributed by atoms with Gasteiger partial charge in [0.1, 0.15) is 0 Å². The number of hydrogen-bond acceptors (Lipinski definition) is 13. The summed E-state index contributed by atoms with van der Waals surface area (Å²) in [6.07, 6.45) is -10.6. The van der Waals surface area contributed by atoms with Crippen molar-refractivity contribution >= 4 is 116 Å². The van der Waals surface area contributed by atoms with Gasteiger partial charge in [0, 0.05) is 35.6 Å². The number of imide groups is 1. The first-order chi connectivity index (χ1) is 38.3. The number of alkyl halides is 9. The van der Waals surface area contributed by atoms with Crippen molar-refractivity contribution < 1.29 is 97.8 Å². The van der Waals surface area contributed by atoms with Crippen molar-refractivity contribution in [3.63, 3.8) is 0 Å². The van der Waals surface area contributed by atoms with Gasteiger partial charge in [-0.05, 0) is 100.0 Å². The van der Waals surface area contributed by atoms with Crippen molar-refractivity contribution in [2.24, 2.45) is 0 Å². The molecule has 31 heteroatoms. The first-order valence-corrected chi connectivity index (χ1v) is 31.2. The highest BCUT2D eigenvalue weighted by Crippen LogP contribution is 2.38. The largest absolute Gasteiger partial charge is 0.416 e. The van der Waals surface area contributed by atoms with Gasteiger partial charge >= 0.3 is 18.5 Å². The summed E-state index contributed by atoms with van der Waals surface area (Å²) in [7, 11) is -12.2. The molecule has 0 aliphatic heterocycles. The molecule has 0 fully saturated rings. The van der Waals surface area contributed by atoms with Gasteiger partial charge in [-0.2, -0.15) is 39.5 Å². The van der Waals surface area contributed by atoms with E-state index in [4.69, 9.17) is 9.15 Å². The molecule has 468 valence electrons. The highest BCUT2D eigenvalue weighted by atomic mass is 32.2. The van der Waals surface area contributed by atoms with Crippen molar-refractivity contribution in [2.75, 3.05) is 32.8 Å². The molecule has 0 spiro atoms. The van der Waals surface area contributed by atoms with Crippen LogP contribution in [0.5, 0.6) is 0 Å². The zero-order valence-corrected chi connectivity index (χ0v) is 50.3. The summed E-state index contributed by atoms with van der Waals surface area (Å²) in [6, 6.07) is 11.0. The maximum atomic E-state index is 13.2. The Morgan fingerprint density at radius 1 is 0.529 bits per heavy atom. The summed E-state index contributed by atoms with van der Waals surface area (Å²) in [6.45, 7) is 19.5. The molecule has 6 aromatic rings. The van der Waals surface area contributed by atoms with Gasteiger partial charge in [0.15, 0.2) is 29.5 Å². The van der Waals surface area contributed by atoms with Crippen molar-refractivity contribution in [1.29, 1.82) is 0 Å². The van der Waals surface area contributed by atoms with Crippen LogP contribution < -0.4 is 15.5 Å². The zero-order chi connectivity index (χ0) is 63.5. The molecule has 0 saturated heterocycles. The second kappa shape index (κ2) is 30.6. The third kappa shape index (κ3) is 19.2. The Balaban J connectivity index is 0.000000622. The lowest BCUT2D eigenvalue weighted by molar-refractivity contribution is -0.138. The Hall–Kier alpha value is -6.67. The fourth-order valence-corrected chi connectivity index (χ4v) is 13.3. The molecule has 3 aromatic heterocycles. The Morgan fingerprint density at radius 2 is 0.835 bits per heavy atom. The maximum absolute atomic E-state index is 13.2. The van der Waals surface area contributed by atoms with Crippen molar-refractivity contribution in [3.8, 4) is 0 Å². The topological polar surface area (TPSA) is 198 Å². The summed E-state index contributed by atoms with van der Waals surface area (Å²) in [4.78, 5) is 54.0. The number of benzene rings is 3. The molecular formula is C54H57F12N3O10S6. The van der Waals surface area contributed by atoms with Crippen LogP contribution in [0.2, 0.25) is 0 Å². The van der Waals surface area contributed by atoms with Crippen molar-refractivity contribution in [3.05, 3.63) is 149 Å². The molecule has 3 heterocycles. The van der Waals surface area contributed by atoms with E-state index >= 15 is 0 Å². The lowest BCUT2D eigenvalue weighted by Crippen LogP contribution is -2.36. The molecule has 6 rings (SSSR count). The number of nitrogens with zero attached hydrogens (tertiary/aromatic N) is 1. The molecule has 0 aliphatic carbocycles. The van der Waals surface area contributed by atoms with E-state index in [1.165, 1.54) is 66.9 Å². The molecule has 0 radical (unpaired) electrons. The summed E-state index contributed by atoms with van der Waals surface area (Å²) >= 11 is 4.12. The molecule has 0 atom stereocenters. The van der Waals surface area contributed by atoms with E-state index in [0.717, 1.165) is 49.5 Å². The van der Waals surface area contributed by atoms with Crippen LogP contribution in [0.4, 0.5) is 70.4 Å². The average Bonchev–Trinajstić information content (AvgIpc) is 4.25. The van der Waals surface area contributed by atoms with Crippen LogP contribution in [0.3, 0.4) is 0 Å². The molecule has 0 aliphatic rings. The van der Waals surface area contributed by atoms with Crippen LogP contribution in [0.1, 0.15) is 119 Å². The van der Waals surface area contributed by atoms with E-state index in [1.807, 2.05) is 20.8 Å². The van der Waals surface area contributed by atoms with Gasteiger partial charge in [-0.3, -0.25) is 23.9 Å². The lowest BCUT2D eigenvalue weighted by Gasteiger charge is -2.21. The predicted octanol–water partition coefficient (Wildman–Crippen LogP) is 15.8.